The molecule has 3 rings (SSSR count). The fourth-order valence-electron chi connectivity index (χ4n) is 2.94. The fourth-order valence-corrected chi connectivity index (χ4v) is 2.94. The van der Waals surface area contributed by atoms with Gasteiger partial charge in [-0.25, -0.2) is 4.79 Å². The van der Waals surface area contributed by atoms with Gasteiger partial charge in [-0.1, -0.05) is 18.2 Å². The lowest BCUT2D eigenvalue weighted by atomic mass is 10.1. The summed E-state index contributed by atoms with van der Waals surface area (Å²) in [6.07, 6.45) is 3.23. The first-order valence-corrected chi connectivity index (χ1v) is 7.26. The third-order valence-electron chi connectivity index (χ3n) is 4.03. The van der Waals surface area contributed by atoms with Gasteiger partial charge in [-0.15, -0.1) is 0 Å². The Labute approximate surface area is 122 Å². The third-order valence-corrected chi connectivity index (χ3v) is 4.03. The molecule has 1 aliphatic heterocycles. The van der Waals surface area contributed by atoms with Gasteiger partial charge in [0.2, 0.25) is 5.91 Å². The summed E-state index contributed by atoms with van der Waals surface area (Å²) in [4.78, 5) is 25.6. The molecule has 2 heterocycles. The highest BCUT2D eigenvalue weighted by atomic mass is 16.4. The molecule has 0 radical (unpaired) electrons. The minimum atomic E-state index is -1.00. The lowest BCUT2D eigenvalue weighted by molar-refractivity contribution is -0.132. The summed E-state index contributed by atoms with van der Waals surface area (Å²) in [5.74, 6) is -1.00. The first-order valence-electron chi connectivity index (χ1n) is 7.26. The van der Waals surface area contributed by atoms with E-state index in [0.29, 0.717) is 0 Å². The number of hydrogen-bond acceptors (Lipinski definition) is 2. The van der Waals surface area contributed by atoms with Gasteiger partial charge in [-0.05, 0) is 31.4 Å². The molecule has 110 valence electrons. The zero-order valence-corrected chi connectivity index (χ0v) is 11.8. The maximum absolute atomic E-state index is 12.4. The van der Waals surface area contributed by atoms with E-state index in [1.807, 2.05) is 29.2 Å². The van der Waals surface area contributed by atoms with E-state index in [0.717, 1.165) is 43.3 Å². The normalized spacial score (nSPS) is 15.3. The molecule has 0 bridgehead atoms. The van der Waals surface area contributed by atoms with Crippen molar-refractivity contribution in [2.45, 2.75) is 25.8 Å². The number of fused-ring (bicyclic) bond motifs is 1. The molecular formula is C16H18N2O3. The molecule has 1 N–H and O–H groups in total. The minimum Gasteiger partial charge on any atom is -0.477 e. The number of benzene rings is 1. The molecular weight excluding hydrogens is 268 g/mol. The summed E-state index contributed by atoms with van der Waals surface area (Å²) in [5.41, 5.74) is 0.960. The van der Waals surface area contributed by atoms with E-state index < -0.39 is 5.97 Å². The van der Waals surface area contributed by atoms with Gasteiger partial charge in [0.1, 0.15) is 12.2 Å². The Morgan fingerprint density at radius 1 is 1.10 bits per heavy atom. The number of carbonyl (C=O) groups excluding carboxylic acids is 1. The summed E-state index contributed by atoms with van der Waals surface area (Å²) in [7, 11) is 0. The monoisotopic (exact) mass is 286 g/mol. The van der Waals surface area contributed by atoms with Gasteiger partial charge in [-0.2, -0.15) is 0 Å². The maximum Gasteiger partial charge on any atom is 0.352 e. The molecule has 5 heteroatoms. The molecule has 21 heavy (non-hydrogen) atoms. The van der Waals surface area contributed by atoms with Crippen LogP contribution in [0.4, 0.5) is 0 Å². The Kier molecular flexibility index (Phi) is 3.64. The second kappa shape index (κ2) is 5.60. The van der Waals surface area contributed by atoms with Gasteiger partial charge in [0.15, 0.2) is 0 Å². The van der Waals surface area contributed by atoms with Gasteiger partial charge in [0.25, 0.3) is 0 Å². The fraction of sp³-hybridized carbons (Fsp3) is 0.375. The topological polar surface area (TPSA) is 62.5 Å². The number of amides is 1. The quantitative estimate of drug-likeness (QED) is 0.942. The van der Waals surface area contributed by atoms with E-state index in [1.165, 1.54) is 0 Å². The van der Waals surface area contributed by atoms with Crippen LogP contribution in [0.5, 0.6) is 0 Å². The van der Waals surface area contributed by atoms with Crippen LogP contribution < -0.4 is 0 Å². The van der Waals surface area contributed by atoms with Gasteiger partial charge in [-0.3, -0.25) is 4.79 Å². The predicted molar refractivity (Wildman–Crippen MR) is 79.3 cm³/mol. The standard InChI is InChI=1S/C16H18N2O3/c19-15(17-8-4-1-5-9-17)11-18-13-7-3-2-6-12(13)10-14(18)16(20)21/h2-3,6-7,10H,1,4-5,8-9,11H2,(H,20,21). The van der Waals surface area contributed by atoms with Crippen LogP contribution in [0.15, 0.2) is 30.3 Å². The number of carboxylic acids is 1. The summed E-state index contributed by atoms with van der Waals surface area (Å²) < 4.78 is 1.61. The van der Waals surface area contributed by atoms with Crippen LogP contribution >= 0.6 is 0 Å². The Bertz CT molecular complexity index is 684. The van der Waals surface area contributed by atoms with E-state index in [9.17, 15) is 14.7 Å². The molecule has 1 aromatic heterocycles. The molecule has 1 saturated heterocycles. The van der Waals surface area contributed by atoms with Crippen LogP contribution in [0.25, 0.3) is 10.9 Å². The van der Waals surface area contributed by atoms with Crippen molar-refractivity contribution in [1.82, 2.24) is 9.47 Å². The Hall–Kier alpha value is -2.30. The van der Waals surface area contributed by atoms with E-state index in [-0.39, 0.29) is 18.1 Å². The lowest BCUT2D eigenvalue weighted by Crippen LogP contribution is -2.38. The number of piperidine rings is 1. The molecule has 5 nitrogen and oxygen atoms in total. The number of likely N-dealkylation sites (tertiary alicyclic amines) is 1. The van der Waals surface area contributed by atoms with Crippen LogP contribution in [0, 0.1) is 0 Å². The first-order chi connectivity index (χ1) is 10.2. The molecule has 0 spiro atoms. The number of carbonyl (C=O) groups is 2. The highest BCUT2D eigenvalue weighted by Crippen LogP contribution is 2.20. The van der Waals surface area contributed by atoms with Crippen molar-refractivity contribution in [3.8, 4) is 0 Å². The van der Waals surface area contributed by atoms with Crippen molar-refractivity contribution in [3.05, 3.63) is 36.0 Å². The second-order valence-electron chi connectivity index (χ2n) is 5.42. The van der Waals surface area contributed by atoms with Crippen molar-refractivity contribution in [3.63, 3.8) is 0 Å². The van der Waals surface area contributed by atoms with Crippen molar-refractivity contribution in [2.24, 2.45) is 0 Å². The number of nitrogens with zero attached hydrogens (tertiary/aromatic N) is 2. The Morgan fingerprint density at radius 3 is 2.52 bits per heavy atom. The largest absolute Gasteiger partial charge is 0.477 e. The van der Waals surface area contributed by atoms with Gasteiger partial charge in [0.05, 0.1) is 0 Å². The zero-order valence-electron chi connectivity index (χ0n) is 11.8. The van der Waals surface area contributed by atoms with Gasteiger partial charge in [0, 0.05) is 24.0 Å². The smallest absolute Gasteiger partial charge is 0.352 e. The minimum absolute atomic E-state index is 0.00134. The summed E-state index contributed by atoms with van der Waals surface area (Å²) in [5, 5.41) is 10.2. The number of carboxylic acid groups (broad SMARTS) is 1. The summed E-state index contributed by atoms with van der Waals surface area (Å²) >= 11 is 0. The number of rotatable bonds is 3. The Balaban J connectivity index is 1.93. The van der Waals surface area contributed by atoms with E-state index >= 15 is 0 Å². The highest BCUT2D eigenvalue weighted by molar-refractivity contribution is 5.95. The summed E-state index contributed by atoms with van der Waals surface area (Å²) in [6, 6.07) is 9.07. The van der Waals surface area contributed by atoms with Gasteiger partial charge < -0.3 is 14.6 Å². The molecule has 1 amide bonds. The van der Waals surface area contributed by atoms with Crippen molar-refractivity contribution < 1.29 is 14.7 Å². The molecule has 1 fully saturated rings. The average Bonchev–Trinajstić information content (AvgIpc) is 2.87. The molecule has 0 atom stereocenters. The number of para-hydroxylation sites is 1. The van der Waals surface area contributed by atoms with Crippen LogP contribution in [0.3, 0.4) is 0 Å². The van der Waals surface area contributed by atoms with E-state index in [4.69, 9.17) is 0 Å². The average molecular weight is 286 g/mol. The van der Waals surface area contributed by atoms with Crippen LogP contribution in [0.2, 0.25) is 0 Å². The number of aromatic nitrogens is 1. The lowest BCUT2D eigenvalue weighted by Gasteiger charge is -2.27. The van der Waals surface area contributed by atoms with Crippen LogP contribution in [-0.2, 0) is 11.3 Å². The molecule has 0 aliphatic carbocycles. The second-order valence-corrected chi connectivity index (χ2v) is 5.42. The Morgan fingerprint density at radius 2 is 1.81 bits per heavy atom. The molecule has 1 aromatic carbocycles. The first kappa shape index (κ1) is 13.7. The molecule has 0 saturated carbocycles. The van der Waals surface area contributed by atoms with E-state index in [2.05, 4.69) is 0 Å². The number of hydrogen-bond donors (Lipinski definition) is 1. The molecule has 0 unspecified atom stereocenters. The predicted octanol–water partition coefficient (Wildman–Crippen LogP) is 2.35. The van der Waals surface area contributed by atoms with Crippen LogP contribution in [0.1, 0.15) is 29.8 Å². The molecule has 2 aromatic rings. The zero-order chi connectivity index (χ0) is 14.8. The maximum atomic E-state index is 12.4. The van der Waals surface area contributed by atoms with Crippen molar-refractivity contribution >= 4 is 22.8 Å². The third kappa shape index (κ3) is 2.63. The van der Waals surface area contributed by atoms with Crippen molar-refractivity contribution in [2.75, 3.05) is 13.1 Å². The summed E-state index contributed by atoms with van der Waals surface area (Å²) in [6.45, 7) is 1.65. The van der Waals surface area contributed by atoms with Gasteiger partial charge >= 0.3 is 5.97 Å². The highest BCUT2D eigenvalue weighted by Gasteiger charge is 2.21. The van der Waals surface area contributed by atoms with Crippen molar-refractivity contribution in [1.29, 1.82) is 0 Å². The van der Waals surface area contributed by atoms with E-state index in [1.54, 1.807) is 10.6 Å². The number of aromatic carboxylic acids is 1. The van der Waals surface area contributed by atoms with Crippen LogP contribution in [-0.4, -0.2) is 39.5 Å². The molecule has 1 aliphatic rings. The SMILES string of the molecule is O=C(O)c1cc2ccccc2n1CC(=O)N1CCCCC1.